The van der Waals surface area contributed by atoms with Gasteiger partial charge in [-0.1, -0.05) is 51.2 Å². The van der Waals surface area contributed by atoms with Gasteiger partial charge in [0.15, 0.2) is 11.4 Å². The smallest absolute Gasteiger partial charge is 0.335 e. The third-order valence-electron chi connectivity index (χ3n) is 4.89. The molecule has 0 aliphatic heterocycles. The summed E-state index contributed by atoms with van der Waals surface area (Å²) in [6.07, 6.45) is 18.1. The first kappa shape index (κ1) is 23.1. The number of allylic oxidation sites excluding steroid dienone is 4. The summed E-state index contributed by atoms with van der Waals surface area (Å²) >= 11 is 0. The fourth-order valence-electron chi connectivity index (χ4n) is 3.02. The number of hydrogen-bond donors (Lipinski definition) is 2. The van der Waals surface area contributed by atoms with Crippen molar-refractivity contribution in [3.8, 4) is 0 Å². The molecule has 0 heterocycles. The maximum Gasteiger partial charge on any atom is 0.335 e. The Labute approximate surface area is 163 Å². The zero-order valence-electron chi connectivity index (χ0n) is 16.8. The number of carbonyl (C=O) groups is 2. The average molecular weight is 375 g/mol. The zero-order chi connectivity index (χ0) is 20.1. The fraction of sp³-hybridized carbons (Fsp3) is 0.609. The van der Waals surface area contributed by atoms with Gasteiger partial charge >= 0.3 is 5.97 Å². The number of unbranched alkanes of at least 4 members (excludes halogenated alkanes) is 6. The quantitative estimate of drug-likeness (QED) is 0.340. The van der Waals surface area contributed by atoms with E-state index in [1.165, 1.54) is 51.5 Å². The van der Waals surface area contributed by atoms with Crippen molar-refractivity contribution in [1.82, 2.24) is 0 Å². The molecule has 0 saturated carbocycles. The van der Waals surface area contributed by atoms with Gasteiger partial charge in [-0.2, -0.15) is 0 Å². The van der Waals surface area contributed by atoms with Crippen molar-refractivity contribution in [1.29, 1.82) is 0 Å². The molecular formula is C23H34O4. The van der Waals surface area contributed by atoms with Gasteiger partial charge in [0.05, 0.1) is 0 Å². The molecule has 0 spiro atoms. The number of Topliss-reactive ketones (excluding diaryl/α,β-unsaturated/α-hetero) is 1. The third-order valence-corrected chi connectivity index (χ3v) is 4.89. The van der Waals surface area contributed by atoms with Crippen molar-refractivity contribution in [2.24, 2.45) is 0 Å². The molecule has 0 fully saturated rings. The van der Waals surface area contributed by atoms with E-state index in [1.807, 2.05) is 0 Å². The van der Waals surface area contributed by atoms with E-state index >= 15 is 0 Å². The van der Waals surface area contributed by atoms with Gasteiger partial charge in [0, 0.05) is 24.8 Å². The Balaban J connectivity index is 2.48. The number of carboxylic acids is 1. The molecule has 2 N–H and O–H groups in total. The van der Waals surface area contributed by atoms with Gasteiger partial charge in [-0.05, 0) is 43.9 Å². The van der Waals surface area contributed by atoms with E-state index < -0.39 is 11.6 Å². The summed E-state index contributed by atoms with van der Waals surface area (Å²) in [5.74, 6) is -1.07. The Bertz CT molecular complexity index is 616. The number of carbonyl (C=O) groups excluding carboxylic acids is 1. The molecule has 0 saturated heterocycles. The second kappa shape index (κ2) is 12.5. The zero-order valence-corrected chi connectivity index (χ0v) is 16.8. The van der Waals surface area contributed by atoms with E-state index in [1.54, 1.807) is 6.08 Å². The first-order valence-electron chi connectivity index (χ1n) is 10.2. The van der Waals surface area contributed by atoms with Crippen molar-refractivity contribution < 1.29 is 19.8 Å². The predicted molar refractivity (Wildman–Crippen MR) is 109 cm³/mol. The van der Waals surface area contributed by atoms with E-state index in [0.29, 0.717) is 12.8 Å². The van der Waals surface area contributed by atoms with Crippen LogP contribution in [0.3, 0.4) is 0 Å². The first-order chi connectivity index (χ1) is 12.9. The minimum Gasteiger partial charge on any atom is -0.479 e. The van der Waals surface area contributed by atoms with Gasteiger partial charge in [-0.15, -0.1) is 5.73 Å². The van der Waals surface area contributed by atoms with Crippen LogP contribution < -0.4 is 0 Å². The molecule has 1 aliphatic carbocycles. The average Bonchev–Trinajstić information content (AvgIpc) is 2.97. The number of aliphatic carboxylic acids is 1. The van der Waals surface area contributed by atoms with Crippen LogP contribution >= 0.6 is 0 Å². The third kappa shape index (κ3) is 9.03. The summed E-state index contributed by atoms with van der Waals surface area (Å²) in [5, 5.41) is 18.5. The predicted octanol–water partition coefficient (Wildman–Crippen LogP) is 5.28. The molecule has 27 heavy (non-hydrogen) atoms. The maximum atomic E-state index is 12.1. The van der Waals surface area contributed by atoms with Gasteiger partial charge < -0.3 is 10.2 Å². The topological polar surface area (TPSA) is 74.6 Å². The molecule has 0 amide bonds. The number of hydrogen-bond acceptors (Lipinski definition) is 3. The van der Waals surface area contributed by atoms with E-state index in [2.05, 4.69) is 24.8 Å². The summed E-state index contributed by atoms with van der Waals surface area (Å²) in [4.78, 5) is 22.9. The van der Waals surface area contributed by atoms with Crippen LogP contribution in [0.15, 0.2) is 41.2 Å². The van der Waals surface area contributed by atoms with E-state index in [4.69, 9.17) is 5.11 Å². The molecule has 0 aromatic rings. The molecule has 0 radical (unpaired) electrons. The number of rotatable bonds is 13. The van der Waals surface area contributed by atoms with Crippen LogP contribution in [0, 0.1) is 0 Å². The molecule has 1 atom stereocenters. The number of ketones is 1. The van der Waals surface area contributed by atoms with Gasteiger partial charge in [0.1, 0.15) is 0 Å². The highest BCUT2D eigenvalue weighted by Crippen LogP contribution is 2.27. The summed E-state index contributed by atoms with van der Waals surface area (Å²) < 4.78 is 0. The summed E-state index contributed by atoms with van der Waals surface area (Å²) in [5.41, 5.74) is 3.04. The lowest BCUT2D eigenvalue weighted by molar-refractivity contribution is -0.156. The van der Waals surface area contributed by atoms with E-state index in [0.717, 1.165) is 24.0 Å². The minimum atomic E-state index is -1.78. The lowest BCUT2D eigenvalue weighted by atomic mass is 10.0. The highest BCUT2D eigenvalue weighted by Gasteiger charge is 2.27. The lowest BCUT2D eigenvalue weighted by Crippen LogP contribution is -2.33. The van der Waals surface area contributed by atoms with Crippen molar-refractivity contribution >= 4 is 11.8 Å². The monoisotopic (exact) mass is 374 g/mol. The lowest BCUT2D eigenvalue weighted by Gasteiger charge is -2.13. The fourth-order valence-corrected chi connectivity index (χ4v) is 3.02. The molecule has 0 aromatic carbocycles. The Hall–Kier alpha value is -1.90. The van der Waals surface area contributed by atoms with Crippen LogP contribution in [0.4, 0.5) is 0 Å². The van der Waals surface area contributed by atoms with Crippen LogP contribution in [-0.4, -0.2) is 27.6 Å². The van der Waals surface area contributed by atoms with Crippen molar-refractivity contribution in [2.45, 2.75) is 90.1 Å². The summed E-state index contributed by atoms with van der Waals surface area (Å²) in [7, 11) is 0. The normalized spacial score (nSPS) is 16.5. The molecule has 150 valence electrons. The molecular weight excluding hydrogens is 340 g/mol. The summed E-state index contributed by atoms with van der Waals surface area (Å²) in [6, 6.07) is 0. The molecule has 0 bridgehead atoms. The van der Waals surface area contributed by atoms with Crippen molar-refractivity contribution in [2.75, 3.05) is 0 Å². The van der Waals surface area contributed by atoms with E-state index in [9.17, 15) is 14.7 Å². The Morgan fingerprint density at radius 1 is 1.15 bits per heavy atom. The molecule has 1 unspecified atom stereocenters. The first-order valence-corrected chi connectivity index (χ1v) is 10.2. The second-order valence-electron chi connectivity index (χ2n) is 7.45. The number of carboxylic acid groups (broad SMARTS) is 1. The van der Waals surface area contributed by atoms with Crippen LogP contribution in [0.5, 0.6) is 0 Å². The Kier molecular flexibility index (Phi) is 10.7. The van der Waals surface area contributed by atoms with Crippen LogP contribution in [0.25, 0.3) is 0 Å². The highest BCUT2D eigenvalue weighted by atomic mass is 16.4. The maximum absolute atomic E-state index is 12.1. The van der Waals surface area contributed by atoms with Gasteiger partial charge in [-0.3, -0.25) is 4.79 Å². The van der Waals surface area contributed by atoms with Gasteiger partial charge in [0.2, 0.25) is 0 Å². The van der Waals surface area contributed by atoms with Crippen LogP contribution in [0.2, 0.25) is 0 Å². The molecule has 1 rings (SSSR count). The standard InChI is InChI=1S/C23H34O4/c1-3-4-5-6-7-8-9-11-14-19-16-17-21(24)20(19)15-12-10-13-18-23(2,27)22(25)26/h11-14,27H,3-9,15-18H2,1-2H3,(H,25,26)/b14-11+. The molecule has 4 nitrogen and oxygen atoms in total. The van der Waals surface area contributed by atoms with Crippen LogP contribution in [-0.2, 0) is 9.59 Å². The minimum absolute atomic E-state index is 0.0170. The Morgan fingerprint density at radius 2 is 1.85 bits per heavy atom. The number of aliphatic hydroxyl groups is 1. The Morgan fingerprint density at radius 3 is 2.56 bits per heavy atom. The largest absolute Gasteiger partial charge is 0.479 e. The summed E-state index contributed by atoms with van der Waals surface area (Å²) in [6.45, 7) is 3.48. The highest BCUT2D eigenvalue weighted by molar-refractivity contribution is 5.99. The second-order valence-corrected chi connectivity index (χ2v) is 7.45. The molecule has 1 aliphatic rings. The SMILES string of the molecule is CCCCCCCC/C=C/C1=C(CC=C=CCC(C)(O)C(=O)O)C(=O)CC1. The van der Waals surface area contributed by atoms with Gasteiger partial charge in [0.25, 0.3) is 0 Å². The molecule has 0 aromatic heterocycles. The van der Waals surface area contributed by atoms with E-state index in [-0.39, 0.29) is 12.2 Å². The van der Waals surface area contributed by atoms with Crippen LogP contribution in [0.1, 0.15) is 84.5 Å². The molecule has 4 heteroatoms. The van der Waals surface area contributed by atoms with Crippen molar-refractivity contribution in [3.05, 3.63) is 41.2 Å². The van der Waals surface area contributed by atoms with Crippen molar-refractivity contribution in [3.63, 3.8) is 0 Å². The van der Waals surface area contributed by atoms with Gasteiger partial charge in [-0.25, -0.2) is 4.79 Å².